The van der Waals surface area contributed by atoms with E-state index in [1.165, 1.54) is 11.3 Å². The molecule has 1 aromatic rings. The second-order valence-electron chi connectivity index (χ2n) is 3.79. The van der Waals surface area contributed by atoms with Crippen LogP contribution in [-0.2, 0) is 14.6 Å². The number of carbonyl (C=O) groups is 2. The normalized spacial score (nSPS) is 12.9. The highest BCUT2D eigenvalue weighted by Gasteiger charge is 2.22. The molecule has 0 saturated heterocycles. The SMILES string of the molecule is CS(=O)(=O)CCC(NC(=O)c1ccsc1)C(=O)O. The Bertz CT molecular complexity index is 520. The van der Waals surface area contributed by atoms with Crippen molar-refractivity contribution in [3.63, 3.8) is 0 Å². The molecule has 18 heavy (non-hydrogen) atoms. The molecule has 1 aromatic heterocycles. The van der Waals surface area contributed by atoms with Crippen molar-refractivity contribution in [2.45, 2.75) is 12.5 Å². The number of carboxylic acids is 1. The van der Waals surface area contributed by atoms with Gasteiger partial charge in [0.15, 0.2) is 0 Å². The molecule has 1 unspecified atom stereocenters. The molecular weight excluding hydrogens is 278 g/mol. The Morgan fingerprint density at radius 1 is 1.50 bits per heavy atom. The molecule has 1 heterocycles. The largest absolute Gasteiger partial charge is 0.480 e. The summed E-state index contributed by atoms with van der Waals surface area (Å²) < 4.78 is 21.9. The molecule has 1 atom stereocenters. The van der Waals surface area contributed by atoms with Crippen LogP contribution in [0.25, 0.3) is 0 Å². The number of hydrogen-bond acceptors (Lipinski definition) is 5. The molecule has 6 nitrogen and oxygen atoms in total. The lowest BCUT2D eigenvalue weighted by Gasteiger charge is -2.13. The van der Waals surface area contributed by atoms with Gasteiger partial charge in [-0.2, -0.15) is 11.3 Å². The highest BCUT2D eigenvalue weighted by atomic mass is 32.2. The van der Waals surface area contributed by atoms with Crippen LogP contribution in [0, 0.1) is 0 Å². The number of carboxylic acid groups (broad SMARTS) is 1. The third-order valence-electron chi connectivity index (χ3n) is 2.16. The number of hydrogen-bond donors (Lipinski definition) is 2. The minimum atomic E-state index is -3.25. The third-order valence-corrected chi connectivity index (χ3v) is 3.82. The van der Waals surface area contributed by atoms with Gasteiger partial charge in [-0.05, 0) is 17.9 Å². The molecule has 0 fully saturated rings. The standard InChI is InChI=1S/C10H13NO5S2/c1-18(15,16)5-3-8(10(13)14)11-9(12)7-2-4-17-6-7/h2,4,6,8H,3,5H2,1H3,(H,11,12)(H,13,14). The van der Waals surface area contributed by atoms with E-state index < -0.39 is 27.8 Å². The quantitative estimate of drug-likeness (QED) is 0.788. The first-order valence-corrected chi connectivity index (χ1v) is 8.03. The zero-order valence-corrected chi connectivity index (χ0v) is 11.3. The molecule has 1 rings (SSSR count). The number of thiophene rings is 1. The third kappa shape index (κ3) is 4.84. The predicted octanol–water partition coefficient (Wildman–Crippen LogP) is 0.366. The summed E-state index contributed by atoms with van der Waals surface area (Å²) in [5, 5.41) is 14.5. The lowest BCUT2D eigenvalue weighted by Crippen LogP contribution is -2.41. The van der Waals surface area contributed by atoms with Crippen LogP contribution in [0.3, 0.4) is 0 Å². The Kier molecular flexibility index (Phi) is 4.85. The van der Waals surface area contributed by atoms with Crippen molar-refractivity contribution in [1.29, 1.82) is 0 Å². The van der Waals surface area contributed by atoms with Gasteiger partial charge >= 0.3 is 5.97 Å². The fourth-order valence-electron chi connectivity index (χ4n) is 1.22. The number of aliphatic carboxylic acids is 1. The van der Waals surface area contributed by atoms with Crippen LogP contribution < -0.4 is 5.32 Å². The zero-order valence-electron chi connectivity index (χ0n) is 9.62. The fraction of sp³-hybridized carbons (Fsp3) is 0.400. The van der Waals surface area contributed by atoms with E-state index in [1.54, 1.807) is 16.8 Å². The Hall–Kier alpha value is -1.41. The maximum Gasteiger partial charge on any atom is 0.326 e. The zero-order chi connectivity index (χ0) is 13.8. The molecule has 100 valence electrons. The Morgan fingerprint density at radius 3 is 2.61 bits per heavy atom. The topological polar surface area (TPSA) is 101 Å². The van der Waals surface area contributed by atoms with Crippen molar-refractivity contribution in [1.82, 2.24) is 5.32 Å². The molecule has 1 amide bonds. The summed E-state index contributed by atoms with van der Waals surface area (Å²) in [6, 6.07) is 0.363. The van der Waals surface area contributed by atoms with E-state index >= 15 is 0 Å². The summed E-state index contributed by atoms with van der Waals surface area (Å²) in [5.41, 5.74) is 0.366. The van der Waals surface area contributed by atoms with Crippen molar-refractivity contribution in [3.8, 4) is 0 Å². The summed E-state index contributed by atoms with van der Waals surface area (Å²) in [4.78, 5) is 22.5. The predicted molar refractivity (Wildman–Crippen MR) is 67.5 cm³/mol. The average molecular weight is 291 g/mol. The molecule has 8 heteroatoms. The van der Waals surface area contributed by atoms with E-state index in [4.69, 9.17) is 5.11 Å². The molecule has 0 aliphatic rings. The maximum atomic E-state index is 11.6. The van der Waals surface area contributed by atoms with Gasteiger partial charge in [-0.3, -0.25) is 4.79 Å². The van der Waals surface area contributed by atoms with Crippen molar-refractivity contribution >= 4 is 33.1 Å². The highest BCUT2D eigenvalue weighted by molar-refractivity contribution is 7.90. The Balaban J connectivity index is 2.64. The van der Waals surface area contributed by atoms with E-state index in [1.807, 2.05) is 0 Å². The summed E-state index contributed by atoms with van der Waals surface area (Å²) in [5.74, 6) is -2.05. The maximum absolute atomic E-state index is 11.6. The van der Waals surface area contributed by atoms with Crippen LogP contribution in [0.15, 0.2) is 16.8 Å². The van der Waals surface area contributed by atoms with E-state index in [0.29, 0.717) is 5.56 Å². The average Bonchev–Trinajstić information content (AvgIpc) is 2.75. The summed E-state index contributed by atoms with van der Waals surface area (Å²) in [6.07, 6.45) is 0.872. The van der Waals surface area contributed by atoms with Crippen molar-refractivity contribution in [2.75, 3.05) is 12.0 Å². The van der Waals surface area contributed by atoms with E-state index in [-0.39, 0.29) is 12.2 Å². The van der Waals surface area contributed by atoms with E-state index in [2.05, 4.69) is 5.32 Å². The van der Waals surface area contributed by atoms with Gasteiger partial charge in [-0.25, -0.2) is 13.2 Å². The van der Waals surface area contributed by atoms with Crippen LogP contribution in [0.4, 0.5) is 0 Å². The van der Waals surface area contributed by atoms with Crippen LogP contribution in [0.1, 0.15) is 16.8 Å². The highest BCUT2D eigenvalue weighted by Crippen LogP contribution is 2.07. The molecule has 0 saturated carbocycles. The molecule has 0 spiro atoms. The molecule has 0 aliphatic heterocycles. The number of sulfone groups is 1. The van der Waals surface area contributed by atoms with Crippen LogP contribution in [-0.4, -0.2) is 43.5 Å². The molecule has 2 N–H and O–H groups in total. The molecule has 0 bridgehead atoms. The second-order valence-corrected chi connectivity index (χ2v) is 6.83. The minimum Gasteiger partial charge on any atom is -0.480 e. The van der Waals surface area contributed by atoms with Gasteiger partial charge in [-0.15, -0.1) is 0 Å². The van der Waals surface area contributed by atoms with Crippen molar-refractivity contribution < 1.29 is 23.1 Å². The van der Waals surface area contributed by atoms with Crippen LogP contribution >= 0.6 is 11.3 Å². The molecule has 0 aromatic carbocycles. The second kappa shape index (κ2) is 5.96. The first-order valence-electron chi connectivity index (χ1n) is 5.03. The number of rotatable bonds is 6. The number of nitrogens with one attached hydrogen (secondary N) is 1. The first kappa shape index (κ1) is 14.7. The molecular formula is C10H13NO5S2. The number of amides is 1. The van der Waals surface area contributed by atoms with E-state index in [0.717, 1.165) is 6.26 Å². The van der Waals surface area contributed by atoms with Gasteiger partial charge in [0.05, 0.1) is 11.3 Å². The van der Waals surface area contributed by atoms with Crippen molar-refractivity contribution in [3.05, 3.63) is 22.4 Å². The Morgan fingerprint density at radius 2 is 2.17 bits per heavy atom. The lowest BCUT2D eigenvalue weighted by molar-refractivity contribution is -0.139. The summed E-state index contributed by atoms with van der Waals surface area (Å²) in [7, 11) is -3.25. The van der Waals surface area contributed by atoms with E-state index in [9.17, 15) is 18.0 Å². The summed E-state index contributed by atoms with van der Waals surface area (Å²) >= 11 is 1.32. The minimum absolute atomic E-state index is 0.149. The first-order chi connectivity index (χ1) is 8.29. The smallest absolute Gasteiger partial charge is 0.326 e. The van der Waals surface area contributed by atoms with Crippen LogP contribution in [0.5, 0.6) is 0 Å². The van der Waals surface area contributed by atoms with Gasteiger partial charge in [-0.1, -0.05) is 0 Å². The van der Waals surface area contributed by atoms with Crippen LogP contribution in [0.2, 0.25) is 0 Å². The lowest BCUT2D eigenvalue weighted by atomic mass is 10.2. The number of carbonyl (C=O) groups excluding carboxylic acids is 1. The van der Waals surface area contributed by atoms with Gasteiger partial charge in [0.2, 0.25) is 0 Å². The molecule has 0 aliphatic carbocycles. The van der Waals surface area contributed by atoms with Gasteiger partial charge < -0.3 is 10.4 Å². The molecule has 0 radical (unpaired) electrons. The fourth-order valence-corrected chi connectivity index (χ4v) is 2.52. The van der Waals surface area contributed by atoms with Gasteiger partial charge in [0, 0.05) is 11.6 Å². The summed E-state index contributed by atoms with van der Waals surface area (Å²) in [6.45, 7) is 0. The van der Waals surface area contributed by atoms with Gasteiger partial charge in [0.1, 0.15) is 15.9 Å². The van der Waals surface area contributed by atoms with Gasteiger partial charge in [0.25, 0.3) is 5.91 Å². The Labute approximate surface area is 109 Å². The monoisotopic (exact) mass is 291 g/mol. The van der Waals surface area contributed by atoms with Crippen molar-refractivity contribution in [2.24, 2.45) is 0 Å².